The first-order chi connectivity index (χ1) is 31.6. The molecule has 4 heteroatoms. The fourth-order valence-corrected chi connectivity index (χ4v) is 12.1. The summed E-state index contributed by atoms with van der Waals surface area (Å²) in [6.07, 6.45) is 0. The Balaban J connectivity index is 1.21. The molecule has 15 rings (SSSR count). The van der Waals surface area contributed by atoms with Crippen molar-refractivity contribution < 1.29 is 0 Å². The lowest BCUT2D eigenvalue weighted by molar-refractivity contribution is 1.12. The van der Waals surface area contributed by atoms with Crippen molar-refractivity contribution in [1.82, 2.24) is 9.13 Å². The van der Waals surface area contributed by atoms with Gasteiger partial charge in [0, 0.05) is 38.6 Å². The summed E-state index contributed by atoms with van der Waals surface area (Å²) in [4.78, 5) is 2.50. The first kappa shape index (κ1) is 34.5. The van der Waals surface area contributed by atoms with Gasteiger partial charge in [-0.05, 0) is 122 Å². The van der Waals surface area contributed by atoms with Crippen LogP contribution in [0.25, 0.3) is 98.1 Å². The van der Waals surface area contributed by atoms with Crippen LogP contribution in [-0.4, -0.2) is 15.8 Å². The fraction of sp³-hybridized carbons (Fsp3) is 0.0333. The number of rotatable bonds is 3. The van der Waals surface area contributed by atoms with Crippen LogP contribution in [0.2, 0.25) is 0 Å². The van der Waals surface area contributed by atoms with Gasteiger partial charge in [0.2, 0.25) is 0 Å². The van der Waals surface area contributed by atoms with Crippen molar-refractivity contribution in [3.8, 4) is 11.4 Å². The molecule has 64 heavy (non-hydrogen) atoms. The maximum absolute atomic E-state index is 2.67. The highest BCUT2D eigenvalue weighted by Gasteiger charge is 2.43. The molecule has 11 aromatic carbocycles. The Labute approximate surface area is 369 Å². The van der Waals surface area contributed by atoms with Crippen LogP contribution < -0.4 is 21.3 Å². The lowest BCUT2D eigenvalue weighted by Gasteiger charge is -2.37. The molecule has 2 aliphatic heterocycles. The molecule has 4 heterocycles. The highest BCUT2D eigenvalue weighted by atomic mass is 15.2. The molecule has 0 saturated heterocycles. The highest BCUT2D eigenvalue weighted by molar-refractivity contribution is 7.01. The standard InChI is InChI=1S/C60H38BN3/c1-35-19-25-41(26-20-35)62(42-27-21-36(2)22-28-42)52-32-31-51-57-60(52)64-50-30-24-38-12-4-8-16-44(38)54(50)56-46-18-10-6-14-40(46)34-48(59(56)64)61(57)47-33-39-13-5-9-17-45(39)55-53-43-15-7-3-11-37(43)23-29-49(53)63(51)58(47)55/h3-34H,1-2H3. The SMILES string of the molecule is Cc1ccc(N(c2ccc(C)cc2)c2ccc3c4c2-n2c5ccc6ccccc6c5c5c6ccccc6cc(c52)B4c2cc4ccccc4c4c5c6ccccc6ccc5n-3c24)cc1. The molecule has 0 N–H and O–H groups in total. The van der Waals surface area contributed by atoms with E-state index < -0.39 is 0 Å². The molecule has 0 aliphatic carbocycles. The van der Waals surface area contributed by atoms with Crippen LogP contribution in [0.5, 0.6) is 0 Å². The monoisotopic (exact) mass is 811 g/mol. The number of aromatic nitrogens is 2. The Morgan fingerprint density at radius 1 is 0.391 bits per heavy atom. The summed E-state index contributed by atoms with van der Waals surface area (Å²) >= 11 is 0. The van der Waals surface area contributed by atoms with Crippen molar-refractivity contribution in [1.29, 1.82) is 0 Å². The molecule has 2 aliphatic rings. The van der Waals surface area contributed by atoms with Crippen LogP contribution in [0.4, 0.5) is 17.1 Å². The lowest BCUT2D eigenvalue weighted by atomic mass is 9.34. The quantitative estimate of drug-likeness (QED) is 0.162. The number of aryl methyl sites for hydroxylation is 2. The molecule has 0 spiro atoms. The average molecular weight is 812 g/mol. The van der Waals surface area contributed by atoms with E-state index in [-0.39, 0.29) is 6.71 Å². The van der Waals surface area contributed by atoms with Crippen LogP contribution in [0.3, 0.4) is 0 Å². The minimum Gasteiger partial charge on any atom is -0.310 e. The topological polar surface area (TPSA) is 13.1 Å². The van der Waals surface area contributed by atoms with Gasteiger partial charge in [0.05, 0.1) is 33.4 Å². The van der Waals surface area contributed by atoms with Gasteiger partial charge in [-0.2, -0.15) is 0 Å². The third kappa shape index (κ3) is 4.32. The normalized spacial score (nSPS) is 12.8. The molecule has 13 aromatic rings. The molecule has 0 fully saturated rings. The molecule has 0 saturated carbocycles. The number of anilines is 3. The Morgan fingerprint density at radius 3 is 1.34 bits per heavy atom. The molecule has 0 amide bonds. The Hall–Kier alpha value is -8.08. The average Bonchev–Trinajstić information content (AvgIpc) is 3.89. The van der Waals surface area contributed by atoms with E-state index in [0.717, 1.165) is 17.1 Å². The zero-order chi connectivity index (χ0) is 41.9. The molecule has 0 radical (unpaired) electrons. The molecule has 296 valence electrons. The van der Waals surface area contributed by atoms with Gasteiger partial charge in [-0.1, -0.05) is 157 Å². The third-order valence-corrected chi connectivity index (χ3v) is 14.7. The van der Waals surface area contributed by atoms with Gasteiger partial charge in [-0.3, -0.25) is 0 Å². The minimum absolute atomic E-state index is 0.0480. The molecule has 0 bridgehead atoms. The van der Waals surface area contributed by atoms with E-state index in [2.05, 4.69) is 222 Å². The summed E-state index contributed by atoms with van der Waals surface area (Å²) in [5.41, 5.74) is 17.5. The van der Waals surface area contributed by atoms with Crippen molar-refractivity contribution in [2.75, 3.05) is 4.90 Å². The largest absolute Gasteiger partial charge is 0.310 e. The van der Waals surface area contributed by atoms with E-state index in [9.17, 15) is 0 Å². The molecule has 0 unspecified atom stereocenters. The second kappa shape index (κ2) is 12.3. The first-order valence-corrected chi connectivity index (χ1v) is 22.5. The summed E-state index contributed by atoms with van der Waals surface area (Å²) in [5, 5.41) is 15.5. The number of nitrogens with zero attached hydrogens (tertiary/aromatic N) is 3. The first-order valence-electron chi connectivity index (χ1n) is 22.5. The number of hydrogen-bond acceptors (Lipinski definition) is 1. The number of hydrogen-bond donors (Lipinski definition) is 0. The van der Waals surface area contributed by atoms with E-state index in [1.807, 2.05) is 0 Å². The van der Waals surface area contributed by atoms with E-state index in [0.29, 0.717) is 0 Å². The van der Waals surface area contributed by atoms with Crippen molar-refractivity contribution in [2.45, 2.75) is 13.8 Å². The van der Waals surface area contributed by atoms with E-state index in [1.165, 1.54) is 126 Å². The third-order valence-electron chi connectivity index (χ3n) is 14.7. The van der Waals surface area contributed by atoms with Gasteiger partial charge in [-0.15, -0.1) is 0 Å². The van der Waals surface area contributed by atoms with E-state index in [1.54, 1.807) is 0 Å². The predicted octanol–water partition coefficient (Wildman–Crippen LogP) is 13.7. The van der Waals surface area contributed by atoms with Crippen LogP contribution in [0, 0.1) is 13.8 Å². The van der Waals surface area contributed by atoms with Crippen LogP contribution in [-0.2, 0) is 0 Å². The summed E-state index contributed by atoms with van der Waals surface area (Å²) in [7, 11) is 0. The van der Waals surface area contributed by atoms with Gasteiger partial charge in [0.15, 0.2) is 0 Å². The van der Waals surface area contributed by atoms with Crippen LogP contribution in [0.15, 0.2) is 194 Å². The molecule has 2 aromatic heterocycles. The number of benzene rings is 11. The van der Waals surface area contributed by atoms with Crippen LogP contribution in [0.1, 0.15) is 11.1 Å². The maximum atomic E-state index is 2.67. The fourth-order valence-electron chi connectivity index (χ4n) is 12.1. The van der Waals surface area contributed by atoms with Gasteiger partial charge in [-0.25, -0.2) is 0 Å². The molecule has 3 nitrogen and oxygen atoms in total. The molecular formula is C60H38BN3. The zero-order valence-electron chi connectivity index (χ0n) is 35.4. The van der Waals surface area contributed by atoms with Crippen LogP contribution >= 0.6 is 0 Å². The molecule has 0 atom stereocenters. The predicted molar refractivity (Wildman–Crippen MR) is 274 cm³/mol. The second-order valence-electron chi connectivity index (χ2n) is 18.2. The van der Waals surface area contributed by atoms with Crippen molar-refractivity contribution in [2.24, 2.45) is 0 Å². The van der Waals surface area contributed by atoms with Gasteiger partial charge < -0.3 is 14.0 Å². The van der Waals surface area contributed by atoms with Gasteiger partial charge in [0.25, 0.3) is 6.71 Å². The smallest absolute Gasteiger partial charge is 0.252 e. The summed E-state index contributed by atoms with van der Waals surface area (Å²) in [6.45, 7) is 4.30. The molecular weight excluding hydrogens is 773 g/mol. The minimum atomic E-state index is -0.0480. The van der Waals surface area contributed by atoms with Crippen molar-refractivity contribution in [3.63, 3.8) is 0 Å². The Bertz CT molecular complexity index is 4160. The highest BCUT2D eigenvalue weighted by Crippen LogP contribution is 2.49. The Kier molecular flexibility index (Phi) is 6.63. The van der Waals surface area contributed by atoms with Crippen molar-refractivity contribution >= 4 is 127 Å². The van der Waals surface area contributed by atoms with Gasteiger partial charge in [0.1, 0.15) is 0 Å². The second-order valence-corrected chi connectivity index (χ2v) is 18.2. The summed E-state index contributed by atoms with van der Waals surface area (Å²) < 4.78 is 5.30. The maximum Gasteiger partial charge on any atom is 0.252 e. The zero-order valence-corrected chi connectivity index (χ0v) is 35.4. The van der Waals surface area contributed by atoms with E-state index in [4.69, 9.17) is 0 Å². The van der Waals surface area contributed by atoms with Crippen molar-refractivity contribution in [3.05, 3.63) is 205 Å². The van der Waals surface area contributed by atoms with E-state index >= 15 is 0 Å². The summed E-state index contributed by atoms with van der Waals surface area (Å²) in [5.74, 6) is 0. The Morgan fingerprint density at radius 2 is 0.828 bits per heavy atom. The lowest BCUT2D eigenvalue weighted by Crippen LogP contribution is -2.59. The number of fused-ring (bicyclic) bond motifs is 18. The summed E-state index contributed by atoms with van der Waals surface area (Å²) in [6, 6.07) is 73.5. The van der Waals surface area contributed by atoms with Gasteiger partial charge >= 0.3 is 0 Å².